The molecule has 112 valence electrons. The minimum atomic E-state index is -0.525. The largest absolute Gasteiger partial charge is 0.444 e. The summed E-state index contributed by atoms with van der Waals surface area (Å²) >= 11 is 5.96. The Morgan fingerprint density at radius 2 is 2.10 bits per heavy atom. The zero-order chi connectivity index (χ0) is 15.3. The third-order valence-corrected chi connectivity index (χ3v) is 3.04. The van der Waals surface area contributed by atoms with E-state index in [4.69, 9.17) is 22.1 Å². The summed E-state index contributed by atoms with van der Waals surface area (Å²) in [6.45, 7) is 7.44. The SMILES string of the molecule is CCC(NC(=O)OC(C)(C)C)C(N)c1cccc(Cl)c1. The number of hydrogen-bond donors (Lipinski definition) is 2. The Bertz CT molecular complexity index is 457. The van der Waals surface area contributed by atoms with Crippen LogP contribution in [0.4, 0.5) is 4.79 Å². The van der Waals surface area contributed by atoms with E-state index >= 15 is 0 Å². The molecule has 5 heteroatoms. The maximum atomic E-state index is 11.8. The molecule has 0 saturated carbocycles. The van der Waals surface area contributed by atoms with Crippen molar-refractivity contribution in [3.05, 3.63) is 34.9 Å². The Morgan fingerprint density at radius 1 is 1.45 bits per heavy atom. The molecule has 1 amide bonds. The second-order valence-corrected chi connectivity index (χ2v) is 6.18. The zero-order valence-corrected chi connectivity index (χ0v) is 13.2. The van der Waals surface area contributed by atoms with Crippen LogP contribution in [-0.2, 0) is 4.74 Å². The number of amides is 1. The number of nitrogens with two attached hydrogens (primary N) is 1. The summed E-state index contributed by atoms with van der Waals surface area (Å²) in [5.74, 6) is 0. The third kappa shape index (κ3) is 5.39. The highest BCUT2D eigenvalue weighted by atomic mass is 35.5. The summed E-state index contributed by atoms with van der Waals surface area (Å²) in [6, 6.07) is 6.81. The highest BCUT2D eigenvalue weighted by Gasteiger charge is 2.23. The van der Waals surface area contributed by atoms with Crippen LogP contribution in [0.5, 0.6) is 0 Å². The van der Waals surface area contributed by atoms with E-state index in [0.29, 0.717) is 11.4 Å². The number of rotatable bonds is 4. The van der Waals surface area contributed by atoms with Crippen molar-refractivity contribution in [1.82, 2.24) is 5.32 Å². The van der Waals surface area contributed by atoms with E-state index in [1.807, 2.05) is 45.9 Å². The van der Waals surface area contributed by atoms with Gasteiger partial charge in [0.05, 0.1) is 12.1 Å². The molecule has 1 aromatic carbocycles. The lowest BCUT2D eigenvalue weighted by Crippen LogP contribution is -2.44. The fourth-order valence-electron chi connectivity index (χ4n) is 1.85. The van der Waals surface area contributed by atoms with Crippen molar-refractivity contribution in [2.75, 3.05) is 0 Å². The monoisotopic (exact) mass is 298 g/mol. The molecule has 1 aromatic rings. The molecule has 0 aliphatic rings. The van der Waals surface area contributed by atoms with Crippen molar-refractivity contribution < 1.29 is 9.53 Å². The van der Waals surface area contributed by atoms with Gasteiger partial charge in [-0.2, -0.15) is 0 Å². The summed E-state index contributed by atoms with van der Waals surface area (Å²) in [6.07, 6.45) is 0.245. The predicted molar refractivity (Wildman–Crippen MR) is 81.8 cm³/mol. The van der Waals surface area contributed by atoms with E-state index in [-0.39, 0.29) is 12.1 Å². The van der Waals surface area contributed by atoms with Crippen LogP contribution >= 0.6 is 11.6 Å². The van der Waals surface area contributed by atoms with Crippen LogP contribution in [0, 0.1) is 0 Å². The smallest absolute Gasteiger partial charge is 0.407 e. The molecule has 0 heterocycles. The molecular formula is C15H23ClN2O2. The van der Waals surface area contributed by atoms with Crippen LogP contribution in [0.1, 0.15) is 45.7 Å². The Kier molecular flexibility index (Phi) is 5.84. The normalized spacial score (nSPS) is 14.5. The molecule has 2 atom stereocenters. The molecule has 0 aliphatic heterocycles. The number of nitrogens with one attached hydrogen (secondary N) is 1. The molecule has 0 aromatic heterocycles. The van der Waals surface area contributed by atoms with E-state index in [1.54, 1.807) is 6.07 Å². The highest BCUT2D eigenvalue weighted by Crippen LogP contribution is 2.20. The number of ether oxygens (including phenoxy) is 1. The van der Waals surface area contributed by atoms with Crippen molar-refractivity contribution in [2.24, 2.45) is 5.73 Å². The second-order valence-electron chi connectivity index (χ2n) is 5.74. The maximum absolute atomic E-state index is 11.8. The van der Waals surface area contributed by atoms with E-state index in [9.17, 15) is 4.79 Å². The van der Waals surface area contributed by atoms with Gasteiger partial charge in [-0.1, -0.05) is 30.7 Å². The van der Waals surface area contributed by atoms with Crippen LogP contribution in [0.2, 0.25) is 5.02 Å². The third-order valence-electron chi connectivity index (χ3n) is 2.81. The van der Waals surface area contributed by atoms with Gasteiger partial charge in [0.2, 0.25) is 0 Å². The van der Waals surface area contributed by atoms with Crippen molar-refractivity contribution in [1.29, 1.82) is 0 Å². The molecule has 0 radical (unpaired) electrons. The predicted octanol–water partition coefficient (Wildman–Crippen LogP) is 3.64. The topological polar surface area (TPSA) is 64.3 Å². The van der Waals surface area contributed by atoms with Gasteiger partial charge in [0.1, 0.15) is 5.60 Å². The van der Waals surface area contributed by atoms with Gasteiger partial charge >= 0.3 is 6.09 Å². The minimum absolute atomic E-state index is 0.205. The first-order chi connectivity index (χ1) is 9.23. The molecule has 2 unspecified atom stereocenters. The fourth-order valence-corrected chi connectivity index (χ4v) is 2.05. The Hall–Kier alpha value is -1.26. The van der Waals surface area contributed by atoms with Crippen LogP contribution in [0.25, 0.3) is 0 Å². The first kappa shape index (κ1) is 16.8. The second kappa shape index (κ2) is 6.95. The highest BCUT2D eigenvalue weighted by molar-refractivity contribution is 6.30. The van der Waals surface area contributed by atoms with Crippen molar-refractivity contribution in [3.8, 4) is 0 Å². The molecule has 1 rings (SSSR count). The van der Waals surface area contributed by atoms with Gasteiger partial charge in [0.15, 0.2) is 0 Å². The summed E-state index contributed by atoms with van der Waals surface area (Å²) < 4.78 is 5.25. The van der Waals surface area contributed by atoms with Gasteiger partial charge in [-0.15, -0.1) is 0 Å². The molecule has 0 spiro atoms. The van der Waals surface area contributed by atoms with Crippen LogP contribution in [0.15, 0.2) is 24.3 Å². The lowest BCUT2D eigenvalue weighted by molar-refractivity contribution is 0.0495. The Morgan fingerprint density at radius 3 is 2.60 bits per heavy atom. The van der Waals surface area contributed by atoms with Gasteiger partial charge in [-0.05, 0) is 44.9 Å². The van der Waals surface area contributed by atoms with E-state index in [2.05, 4.69) is 5.32 Å². The number of carbonyl (C=O) groups is 1. The minimum Gasteiger partial charge on any atom is -0.444 e. The molecular weight excluding hydrogens is 276 g/mol. The van der Waals surface area contributed by atoms with Crippen LogP contribution in [0.3, 0.4) is 0 Å². The van der Waals surface area contributed by atoms with Crippen molar-refractivity contribution in [2.45, 2.75) is 51.8 Å². The van der Waals surface area contributed by atoms with Gasteiger partial charge in [0, 0.05) is 5.02 Å². The zero-order valence-electron chi connectivity index (χ0n) is 12.4. The fraction of sp³-hybridized carbons (Fsp3) is 0.533. The molecule has 0 fully saturated rings. The summed E-state index contributed by atoms with van der Waals surface area (Å²) in [5.41, 5.74) is 6.57. The summed E-state index contributed by atoms with van der Waals surface area (Å²) in [7, 11) is 0. The Balaban J connectivity index is 2.73. The lowest BCUT2D eigenvalue weighted by atomic mass is 9.98. The van der Waals surface area contributed by atoms with Gasteiger partial charge in [-0.3, -0.25) is 0 Å². The van der Waals surface area contributed by atoms with E-state index in [1.165, 1.54) is 0 Å². The van der Waals surface area contributed by atoms with E-state index in [0.717, 1.165) is 5.56 Å². The number of benzene rings is 1. The van der Waals surface area contributed by atoms with Crippen molar-refractivity contribution in [3.63, 3.8) is 0 Å². The number of halogens is 1. The molecule has 0 saturated heterocycles. The Labute approximate surface area is 125 Å². The molecule has 20 heavy (non-hydrogen) atoms. The van der Waals surface area contributed by atoms with Crippen LogP contribution in [-0.4, -0.2) is 17.7 Å². The number of carbonyl (C=O) groups excluding carboxylic acids is 1. The molecule has 3 N–H and O–H groups in total. The first-order valence-corrected chi connectivity index (χ1v) is 7.11. The standard InChI is InChI=1S/C15H23ClN2O2/c1-5-12(18-14(19)20-15(2,3)4)13(17)10-7-6-8-11(16)9-10/h6-9,12-13H,5,17H2,1-4H3,(H,18,19). The average molecular weight is 299 g/mol. The maximum Gasteiger partial charge on any atom is 0.407 e. The molecule has 0 aliphatic carbocycles. The van der Waals surface area contributed by atoms with E-state index < -0.39 is 11.7 Å². The lowest BCUT2D eigenvalue weighted by Gasteiger charge is -2.26. The number of hydrogen-bond acceptors (Lipinski definition) is 3. The van der Waals surface area contributed by atoms with Gasteiger partial charge in [-0.25, -0.2) is 4.79 Å². The average Bonchev–Trinajstić information content (AvgIpc) is 2.33. The van der Waals surface area contributed by atoms with Crippen LogP contribution < -0.4 is 11.1 Å². The summed E-state index contributed by atoms with van der Waals surface area (Å²) in [4.78, 5) is 11.8. The quantitative estimate of drug-likeness (QED) is 0.892. The molecule has 0 bridgehead atoms. The first-order valence-electron chi connectivity index (χ1n) is 6.73. The summed E-state index contributed by atoms with van der Waals surface area (Å²) in [5, 5.41) is 3.44. The molecule has 4 nitrogen and oxygen atoms in total. The number of alkyl carbamates (subject to hydrolysis) is 1. The van der Waals surface area contributed by atoms with Gasteiger partial charge in [0.25, 0.3) is 0 Å². The van der Waals surface area contributed by atoms with Gasteiger partial charge < -0.3 is 15.8 Å². The van der Waals surface area contributed by atoms with Crippen molar-refractivity contribution >= 4 is 17.7 Å².